The minimum atomic E-state index is -0.894. The van der Waals surface area contributed by atoms with Crippen molar-refractivity contribution in [3.8, 4) is 0 Å². The number of hydrogen-bond donors (Lipinski definition) is 0. The molecule has 0 aliphatic rings. The molecule has 0 bridgehead atoms. The van der Waals surface area contributed by atoms with Crippen LogP contribution in [0.4, 0.5) is 0 Å². The van der Waals surface area contributed by atoms with Gasteiger partial charge in [-0.3, -0.25) is 9.59 Å². The largest absolute Gasteiger partial charge is 0.298 e. The van der Waals surface area contributed by atoms with Gasteiger partial charge >= 0.3 is 0 Å². The molecule has 0 atom stereocenters. The predicted molar refractivity (Wildman–Crippen MR) is 83.7 cm³/mol. The minimum Gasteiger partial charge on any atom is -0.298 e. The van der Waals surface area contributed by atoms with E-state index in [0.717, 1.165) is 23.6 Å². The maximum absolute atomic E-state index is 12.0. The number of ketones is 1. The highest BCUT2D eigenvalue weighted by Crippen LogP contribution is 2.25. The molecule has 0 amide bonds. The second-order valence-electron chi connectivity index (χ2n) is 4.61. The molecule has 1 aromatic carbocycles. The van der Waals surface area contributed by atoms with Crippen molar-refractivity contribution in [3.63, 3.8) is 0 Å². The number of carbonyl (C=O) groups is 2. The molecule has 1 rings (SSSR count). The summed E-state index contributed by atoms with van der Waals surface area (Å²) in [6.07, 6.45) is 2.78. The van der Waals surface area contributed by atoms with E-state index in [1.807, 2.05) is 37.3 Å². The number of Topliss-reactive ketones (excluding diaryl/α,β-unsaturated/α-hetero) is 1. The molecular weight excluding hydrogens is 255 g/mol. The molecule has 0 saturated carbocycles. The van der Waals surface area contributed by atoms with Gasteiger partial charge in [0.1, 0.15) is 0 Å². The fourth-order valence-electron chi connectivity index (χ4n) is 1.37. The van der Waals surface area contributed by atoms with Gasteiger partial charge in [-0.25, -0.2) is 0 Å². The van der Waals surface area contributed by atoms with Crippen molar-refractivity contribution in [2.75, 3.05) is 6.26 Å². The quantitative estimate of drug-likeness (QED) is 0.625. The summed E-state index contributed by atoms with van der Waals surface area (Å²) in [6, 6.07) is 9.50. The lowest BCUT2D eigenvalue weighted by Gasteiger charge is -2.20. The zero-order valence-corrected chi connectivity index (χ0v) is 12.9. The van der Waals surface area contributed by atoms with Gasteiger partial charge in [-0.1, -0.05) is 55.3 Å². The molecule has 102 valence electrons. The van der Waals surface area contributed by atoms with Crippen LogP contribution >= 0.6 is 11.8 Å². The van der Waals surface area contributed by atoms with Gasteiger partial charge in [0.05, 0.1) is 13.3 Å². The molecule has 1 aromatic rings. The van der Waals surface area contributed by atoms with Gasteiger partial charge < -0.3 is 0 Å². The molecule has 0 aliphatic carbocycles. The highest BCUT2D eigenvalue weighted by molar-refractivity contribution is 8.13. The molecule has 19 heavy (non-hydrogen) atoms. The molecule has 2 radical (unpaired) electrons. The Balaban J connectivity index is 0.000000982. The van der Waals surface area contributed by atoms with Gasteiger partial charge in [0, 0.05) is 6.42 Å². The van der Waals surface area contributed by atoms with Crippen molar-refractivity contribution < 1.29 is 9.59 Å². The van der Waals surface area contributed by atoms with E-state index in [1.54, 1.807) is 20.1 Å². The lowest BCUT2D eigenvalue weighted by Crippen LogP contribution is -2.32. The van der Waals surface area contributed by atoms with Gasteiger partial charge in [0.2, 0.25) is 5.12 Å². The normalized spacial score (nSPS) is 10.3. The smallest absolute Gasteiger partial charge is 0.201 e. The topological polar surface area (TPSA) is 34.1 Å². The number of hydrogen-bond acceptors (Lipinski definition) is 3. The van der Waals surface area contributed by atoms with Gasteiger partial charge in [-0.15, -0.1) is 0 Å². The average molecular weight is 276 g/mol. The van der Waals surface area contributed by atoms with Crippen molar-refractivity contribution >= 4 is 30.5 Å². The van der Waals surface area contributed by atoms with Gasteiger partial charge in [0.15, 0.2) is 5.78 Å². The minimum absolute atomic E-state index is 0.0296. The van der Waals surface area contributed by atoms with Crippen LogP contribution in [0.2, 0.25) is 6.32 Å². The van der Waals surface area contributed by atoms with Crippen molar-refractivity contribution in [3.05, 3.63) is 35.9 Å². The lowest BCUT2D eigenvalue weighted by molar-refractivity contribution is -0.133. The van der Waals surface area contributed by atoms with Gasteiger partial charge in [-0.05, 0) is 25.7 Å². The molecule has 0 aromatic heterocycles. The van der Waals surface area contributed by atoms with Crippen LogP contribution in [0.3, 0.4) is 0 Å². The maximum atomic E-state index is 12.0. The molecular formula is C15H21BO2S. The Kier molecular flexibility index (Phi) is 8.49. The van der Waals surface area contributed by atoms with Gasteiger partial charge in [0.25, 0.3) is 0 Å². The van der Waals surface area contributed by atoms with Crippen LogP contribution in [-0.2, 0) is 16.0 Å². The summed E-state index contributed by atoms with van der Waals surface area (Å²) in [5.74, 6) is -0.0296. The fourth-order valence-corrected chi connectivity index (χ4v) is 2.00. The number of carbonyl (C=O) groups excluding carboxylic acids is 2. The predicted octanol–water partition coefficient (Wildman–Crippen LogP) is 3.31. The Hall–Kier alpha value is -1.03. The van der Waals surface area contributed by atoms with Crippen molar-refractivity contribution in [2.24, 2.45) is 5.41 Å². The van der Waals surface area contributed by atoms with Crippen LogP contribution < -0.4 is 0 Å². The van der Waals surface area contributed by atoms with Crippen LogP contribution in [0.25, 0.3) is 0 Å². The van der Waals surface area contributed by atoms with Gasteiger partial charge in [-0.2, -0.15) is 0 Å². The molecule has 0 fully saturated rings. The van der Waals surface area contributed by atoms with E-state index in [2.05, 4.69) is 0 Å². The highest BCUT2D eigenvalue weighted by Gasteiger charge is 2.34. The molecule has 4 heteroatoms. The molecule has 2 nitrogen and oxygen atoms in total. The van der Waals surface area contributed by atoms with E-state index in [9.17, 15) is 9.59 Å². The number of rotatable bonds is 4. The lowest BCUT2D eigenvalue weighted by atomic mass is 9.86. The molecule has 0 unspecified atom stereocenters. The summed E-state index contributed by atoms with van der Waals surface area (Å²) in [7, 11) is 4.85. The second kappa shape index (κ2) is 8.97. The first-order chi connectivity index (χ1) is 8.89. The third-order valence-electron chi connectivity index (χ3n) is 2.60. The Morgan fingerprint density at radius 2 is 1.68 bits per heavy atom. The zero-order chi connectivity index (χ0) is 14.9. The molecule has 0 saturated heterocycles. The monoisotopic (exact) mass is 276 g/mol. The molecule has 0 N–H and O–H groups in total. The fraction of sp³-hybridized carbons (Fsp3) is 0.467. The van der Waals surface area contributed by atoms with Crippen molar-refractivity contribution in [1.29, 1.82) is 0 Å². The summed E-state index contributed by atoms with van der Waals surface area (Å²) in [4.78, 5) is 23.6. The number of benzene rings is 1. The second-order valence-corrected chi connectivity index (χ2v) is 5.39. The third-order valence-corrected chi connectivity index (χ3v) is 3.48. The highest BCUT2D eigenvalue weighted by atomic mass is 32.2. The summed E-state index contributed by atoms with van der Waals surface area (Å²) in [5.41, 5.74) is 0.0596. The van der Waals surface area contributed by atoms with E-state index in [4.69, 9.17) is 7.85 Å². The Bertz CT molecular complexity index is 402. The Morgan fingerprint density at radius 1 is 1.21 bits per heavy atom. The number of thioether (sulfide) groups is 1. The Morgan fingerprint density at radius 3 is 2.11 bits per heavy atom. The summed E-state index contributed by atoms with van der Waals surface area (Å²) >= 11 is 1.11. The SMILES string of the molecule is CSC(=O)C(C)(C)C(=O)Cc1ccccc1.[B]CC. The third kappa shape index (κ3) is 6.10. The van der Waals surface area contributed by atoms with Crippen LogP contribution in [0.15, 0.2) is 30.3 Å². The average Bonchev–Trinajstić information content (AvgIpc) is 2.39. The Labute approximate surface area is 121 Å². The summed E-state index contributed by atoms with van der Waals surface area (Å²) in [5, 5.41) is -0.0755. The molecule has 0 aliphatic heterocycles. The van der Waals surface area contributed by atoms with Crippen molar-refractivity contribution in [2.45, 2.75) is 33.5 Å². The standard InChI is InChI=1S/C13H16O2S.C2H5B/c1-13(2,12(15)16-3)11(14)9-10-7-5-4-6-8-10;1-2-3/h4-8H,9H2,1-3H3;2H2,1H3. The zero-order valence-electron chi connectivity index (χ0n) is 12.1. The van der Waals surface area contributed by atoms with Crippen LogP contribution in [0, 0.1) is 5.41 Å². The first-order valence-electron chi connectivity index (χ1n) is 6.25. The van der Waals surface area contributed by atoms with E-state index >= 15 is 0 Å². The summed E-state index contributed by atoms with van der Waals surface area (Å²) in [6.45, 7) is 5.29. The molecule has 0 spiro atoms. The van der Waals surface area contributed by atoms with Crippen molar-refractivity contribution in [1.82, 2.24) is 0 Å². The first kappa shape index (κ1) is 18.0. The van der Waals surface area contributed by atoms with Crippen LogP contribution in [-0.4, -0.2) is 25.0 Å². The van der Waals surface area contributed by atoms with E-state index in [-0.39, 0.29) is 10.9 Å². The van der Waals surface area contributed by atoms with E-state index in [0.29, 0.717) is 6.42 Å². The maximum Gasteiger partial charge on any atom is 0.201 e. The summed E-state index contributed by atoms with van der Waals surface area (Å²) < 4.78 is 0. The molecule has 0 heterocycles. The van der Waals surface area contributed by atoms with E-state index in [1.165, 1.54) is 0 Å². The van der Waals surface area contributed by atoms with Crippen LogP contribution in [0.1, 0.15) is 26.3 Å². The van der Waals surface area contributed by atoms with E-state index < -0.39 is 5.41 Å². The first-order valence-corrected chi connectivity index (χ1v) is 7.48. The van der Waals surface area contributed by atoms with Crippen LogP contribution in [0.5, 0.6) is 0 Å².